The summed E-state index contributed by atoms with van der Waals surface area (Å²) in [5.41, 5.74) is 0.921. The van der Waals surface area contributed by atoms with Crippen LogP contribution in [0.3, 0.4) is 0 Å². The van der Waals surface area contributed by atoms with Gasteiger partial charge in [0, 0.05) is 18.1 Å². The lowest BCUT2D eigenvalue weighted by molar-refractivity contribution is -0.124. The number of rotatable bonds is 7. The molecule has 0 saturated carbocycles. The van der Waals surface area contributed by atoms with Crippen molar-refractivity contribution >= 4 is 17.6 Å². The van der Waals surface area contributed by atoms with Gasteiger partial charge in [-0.3, -0.25) is 9.78 Å². The molecular formula is C18H20N2O4. The molecule has 0 spiro atoms. The minimum atomic E-state index is -0.871. The van der Waals surface area contributed by atoms with Crippen molar-refractivity contribution in [3.63, 3.8) is 0 Å². The Bertz CT molecular complexity index is 671. The van der Waals surface area contributed by atoms with Crippen molar-refractivity contribution < 1.29 is 19.1 Å². The van der Waals surface area contributed by atoms with Crippen molar-refractivity contribution in [2.75, 3.05) is 11.9 Å². The topological polar surface area (TPSA) is 77.5 Å². The van der Waals surface area contributed by atoms with Gasteiger partial charge in [0.1, 0.15) is 5.75 Å². The molecule has 24 heavy (non-hydrogen) atoms. The predicted molar refractivity (Wildman–Crippen MR) is 90.0 cm³/mol. The van der Waals surface area contributed by atoms with E-state index in [2.05, 4.69) is 10.3 Å². The van der Waals surface area contributed by atoms with Gasteiger partial charge in [-0.1, -0.05) is 6.92 Å². The molecule has 0 bridgehead atoms. The number of carbonyl (C=O) groups is 2. The van der Waals surface area contributed by atoms with Crippen LogP contribution >= 0.6 is 0 Å². The largest absolute Gasteiger partial charge is 0.494 e. The third-order valence-electron chi connectivity index (χ3n) is 3.24. The first kappa shape index (κ1) is 17.5. The van der Waals surface area contributed by atoms with Gasteiger partial charge in [0.2, 0.25) is 0 Å². The summed E-state index contributed by atoms with van der Waals surface area (Å²) >= 11 is 0. The van der Waals surface area contributed by atoms with E-state index in [0.29, 0.717) is 24.3 Å². The Morgan fingerprint density at radius 1 is 1.17 bits per heavy atom. The average molecular weight is 328 g/mol. The number of carbonyl (C=O) groups excluding carboxylic acids is 2. The van der Waals surface area contributed by atoms with E-state index in [4.69, 9.17) is 9.47 Å². The molecule has 6 nitrogen and oxygen atoms in total. The Balaban J connectivity index is 1.97. The van der Waals surface area contributed by atoms with Crippen molar-refractivity contribution in [2.24, 2.45) is 0 Å². The first-order chi connectivity index (χ1) is 11.6. The highest BCUT2D eigenvalue weighted by atomic mass is 16.5. The van der Waals surface area contributed by atoms with Gasteiger partial charge in [-0.05, 0) is 49.7 Å². The molecule has 0 saturated heterocycles. The van der Waals surface area contributed by atoms with Crippen LogP contribution in [0.15, 0.2) is 48.8 Å². The second-order valence-corrected chi connectivity index (χ2v) is 4.99. The molecule has 1 amide bonds. The van der Waals surface area contributed by atoms with Crippen molar-refractivity contribution in [1.82, 2.24) is 4.98 Å². The molecule has 1 aromatic heterocycles. The Hall–Kier alpha value is -2.89. The van der Waals surface area contributed by atoms with Crippen LogP contribution < -0.4 is 10.1 Å². The fourth-order valence-electron chi connectivity index (χ4n) is 2.03. The summed E-state index contributed by atoms with van der Waals surface area (Å²) in [5.74, 6) is -0.221. The maximum absolute atomic E-state index is 12.3. The SMILES string of the molecule is CCOc1ccc(NC(=O)C(CC)OC(=O)c2cccnc2)cc1. The van der Waals surface area contributed by atoms with Crippen LogP contribution in [0, 0.1) is 0 Å². The maximum atomic E-state index is 12.3. The monoisotopic (exact) mass is 328 g/mol. The van der Waals surface area contributed by atoms with Gasteiger partial charge in [0.05, 0.1) is 12.2 Å². The van der Waals surface area contributed by atoms with Crippen molar-refractivity contribution in [1.29, 1.82) is 0 Å². The molecule has 0 fully saturated rings. The Morgan fingerprint density at radius 2 is 1.92 bits per heavy atom. The highest BCUT2D eigenvalue weighted by Gasteiger charge is 2.22. The maximum Gasteiger partial charge on any atom is 0.340 e. The fraction of sp³-hybridized carbons (Fsp3) is 0.278. The predicted octanol–water partition coefficient (Wildman–Crippen LogP) is 3.05. The van der Waals surface area contributed by atoms with E-state index >= 15 is 0 Å². The van der Waals surface area contributed by atoms with Crippen LogP contribution in [-0.4, -0.2) is 29.6 Å². The van der Waals surface area contributed by atoms with Crippen LogP contribution in [0.25, 0.3) is 0 Å². The zero-order valence-corrected chi connectivity index (χ0v) is 13.7. The summed E-state index contributed by atoms with van der Waals surface area (Å²) in [6.07, 6.45) is 2.46. The van der Waals surface area contributed by atoms with Crippen LogP contribution in [0.5, 0.6) is 5.75 Å². The standard InChI is InChI=1S/C18H20N2O4/c1-3-16(24-18(22)13-6-5-11-19-12-13)17(21)20-14-7-9-15(10-8-14)23-4-2/h5-12,16H,3-4H2,1-2H3,(H,20,21). The van der Waals surface area contributed by atoms with Crippen LogP contribution in [-0.2, 0) is 9.53 Å². The zero-order chi connectivity index (χ0) is 17.4. The highest BCUT2D eigenvalue weighted by Crippen LogP contribution is 2.16. The van der Waals surface area contributed by atoms with E-state index in [1.165, 1.54) is 6.20 Å². The Morgan fingerprint density at radius 3 is 2.50 bits per heavy atom. The number of nitrogens with one attached hydrogen (secondary N) is 1. The first-order valence-corrected chi connectivity index (χ1v) is 7.78. The number of hydrogen-bond donors (Lipinski definition) is 1. The molecular weight excluding hydrogens is 308 g/mol. The molecule has 1 N–H and O–H groups in total. The minimum Gasteiger partial charge on any atom is -0.494 e. The number of nitrogens with zero attached hydrogens (tertiary/aromatic N) is 1. The van der Waals surface area contributed by atoms with Gasteiger partial charge in [-0.15, -0.1) is 0 Å². The summed E-state index contributed by atoms with van der Waals surface area (Å²) < 4.78 is 10.6. The number of anilines is 1. The molecule has 126 valence electrons. The Labute approximate surface area is 140 Å². The van der Waals surface area contributed by atoms with E-state index in [1.807, 2.05) is 6.92 Å². The van der Waals surface area contributed by atoms with E-state index < -0.39 is 12.1 Å². The zero-order valence-electron chi connectivity index (χ0n) is 13.7. The average Bonchev–Trinajstić information content (AvgIpc) is 2.62. The molecule has 1 heterocycles. The quantitative estimate of drug-likeness (QED) is 0.790. The van der Waals surface area contributed by atoms with E-state index in [1.54, 1.807) is 49.5 Å². The first-order valence-electron chi connectivity index (χ1n) is 7.78. The van der Waals surface area contributed by atoms with Crippen LogP contribution in [0.2, 0.25) is 0 Å². The molecule has 6 heteroatoms. The lowest BCUT2D eigenvalue weighted by Crippen LogP contribution is -2.32. The molecule has 1 atom stereocenters. The van der Waals surface area contributed by atoms with Gasteiger partial charge in [-0.2, -0.15) is 0 Å². The molecule has 1 aromatic carbocycles. The number of hydrogen-bond acceptors (Lipinski definition) is 5. The van der Waals surface area contributed by atoms with Gasteiger partial charge in [-0.25, -0.2) is 4.79 Å². The lowest BCUT2D eigenvalue weighted by atomic mass is 10.2. The molecule has 0 aliphatic heterocycles. The number of amides is 1. The van der Waals surface area contributed by atoms with E-state index in [-0.39, 0.29) is 5.91 Å². The van der Waals surface area contributed by atoms with Gasteiger partial charge < -0.3 is 14.8 Å². The number of pyridine rings is 1. The second kappa shape index (κ2) is 8.67. The number of aromatic nitrogens is 1. The molecule has 2 rings (SSSR count). The summed E-state index contributed by atoms with van der Waals surface area (Å²) in [6, 6.07) is 10.2. The molecule has 1 unspecified atom stereocenters. The summed E-state index contributed by atoms with van der Waals surface area (Å²) in [4.78, 5) is 28.2. The number of benzene rings is 1. The molecule has 0 radical (unpaired) electrons. The molecule has 0 aliphatic carbocycles. The fourth-order valence-corrected chi connectivity index (χ4v) is 2.03. The van der Waals surface area contributed by atoms with Gasteiger partial charge in [0.25, 0.3) is 5.91 Å². The van der Waals surface area contributed by atoms with Crippen LogP contribution in [0.1, 0.15) is 30.6 Å². The van der Waals surface area contributed by atoms with Gasteiger partial charge >= 0.3 is 5.97 Å². The Kier molecular flexibility index (Phi) is 6.31. The normalized spacial score (nSPS) is 11.4. The van der Waals surface area contributed by atoms with Crippen LogP contribution in [0.4, 0.5) is 5.69 Å². The molecule has 0 aliphatic rings. The third-order valence-corrected chi connectivity index (χ3v) is 3.24. The van der Waals surface area contributed by atoms with Crippen molar-refractivity contribution in [3.05, 3.63) is 54.4 Å². The summed E-state index contributed by atoms with van der Waals surface area (Å²) in [7, 11) is 0. The van der Waals surface area contributed by atoms with E-state index in [0.717, 1.165) is 5.75 Å². The number of ether oxygens (including phenoxy) is 2. The molecule has 2 aromatic rings. The van der Waals surface area contributed by atoms with Crippen molar-refractivity contribution in [3.8, 4) is 5.75 Å². The highest BCUT2D eigenvalue weighted by molar-refractivity contribution is 5.97. The number of esters is 1. The lowest BCUT2D eigenvalue weighted by Gasteiger charge is -2.16. The van der Waals surface area contributed by atoms with E-state index in [9.17, 15) is 9.59 Å². The van der Waals surface area contributed by atoms with Crippen molar-refractivity contribution in [2.45, 2.75) is 26.4 Å². The second-order valence-electron chi connectivity index (χ2n) is 4.99. The summed E-state index contributed by atoms with van der Waals surface area (Å²) in [6.45, 7) is 4.25. The minimum absolute atomic E-state index is 0.310. The summed E-state index contributed by atoms with van der Waals surface area (Å²) in [5, 5.41) is 2.73. The third kappa shape index (κ3) is 4.81. The smallest absolute Gasteiger partial charge is 0.340 e. The van der Waals surface area contributed by atoms with Gasteiger partial charge in [0.15, 0.2) is 6.10 Å².